The lowest BCUT2D eigenvalue weighted by molar-refractivity contribution is -0.126. The third-order valence-electron chi connectivity index (χ3n) is 4.11. The summed E-state index contributed by atoms with van der Waals surface area (Å²) in [6, 6.07) is 8.14. The number of benzene rings is 1. The standard InChI is InChI=1S/C17H26N2O2.ClH/c1-3-8-21-12-15-7-5-4-6-14(15)11-19-17(20)13(2)16-9-18-10-16;/h4-7,13,16,18H,3,8-12H2,1-2H3,(H,19,20);1H. The Balaban J connectivity index is 0.00000242. The molecule has 1 aromatic carbocycles. The first-order valence-electron chi connectivity index (χ1n) is 7.85. The fourth-order valence-corrected chi connectivity index (χ4v) is 2.42. The Bertz CT molecular complexity index is 464. The summed E-state index contributed by atoms with van der Waals surface area (Å²) in [6.45, 7) is 7.98. The van der Waals surface area contributed by atoms with Crippen LogP contribution in [0, 0.1) is 11.8 Å². The number of nitrogens with one attached hydrogen (secondary N) is 2. The van der Waals surface area contributed by atoms with E-state index >= 15 is 0 Å². The highest BCUT2D eigenvalue weighted by Gasteiger charge is 2.28. The van der Waals surface area contributed by atoms with Crippen LogP contribution < -0.4 is 10.6 Å². The van der Waals surface area contributed by atoms with E-state index in [1.165, 1.54) is 0 Å². The number of hydrogen-bond acceptors (Lipinski definition) is 3. The molecule has 1 unspecified atom stereocenters. The summed E-state index contributed by atoms with van der Waals surface area (Å²) in [5, 5.41) is 6.27. The summed E-state index contributed by atoms with van der Waals surface area (Å²) < 4.78 is 5.61. The van der Waals surface area contributed by atoms with Crippen molar-refractivity contribution in [2.75, 3.05) is 19.7 Å². The smallest absolute Gasteiger partial charge is 0.223 e. The van der Waals surface area contributed by atoms with Gasteiger partial charge in [0.15, 0.2) is 0 Å². The van der Waals surface area contributed by atoms with Gasteiger partial charge in [-0.15, -0.1) is 12.4 Å². The highest BCUT2D eigenvalue weighted by atomic mass is 35.5. The molecule has 0 saturated carbocycles. The number of amides is 1. The van der Waals surface area contributed by atoms with Crippen molar-refractivity contribution in [1.82, 2.24) is 10.6 Å². The van der Waals surface area contributed by atoms with E-state index < -0.39 is 0 Å². The maximum absolute atomic E-state index is 12.2. The lowest BCUT2D eigenvalue weighted by Crippen LogP contribution is -2.49. The average Bonchev–Trinajstić information content (AvgIpc) is 2.44. The van der Waals surface area contributed by atoms with Gasteiger partial charge in [0.1, 0.15) is 0 Å². The van der Waals surface area contributed by atoms with E-state index in [-0.39, 0.29) is 24.2 Å². The van der Waals surface area contributed by atoms with E-state index in [0.29, 0.717) is 19.1 Å². The molecule has 0 radical (unpaired) electrons. The fraction of sp³-hybridized carbons (Fsp3) is 0.588. The molecule has 1 aromatic rings. The van der Waals surface area contributed by atoms with Crippen LogP contribution in [0.4, 0.5) is 0 Å². The third-order valence-corrected chi connectivity index (χ3v) is 4.11. The Kier molecular flexibility index (Phi) is 8.46. The van der Waals surface area contributed by atoms with Crippen LogP contribution in [0.1, 0.15) is 31.4 Å². The van der Waals surface area contributed by atoms with Crippen molar-refractivity contribution >= 4 is 18.3 Å². The molecule has 1 atom stereocenters. The number of carbonyl (C=O) groups excluding carboxylic acids is 1. The van der Waals surface area contributed by atoms with Crippen molar-refractivity contribution in [3.05, 3.63) is 35.4 Å². The SMILES string of the molecule is CCCOCc1ccccc1CNC(=O)C(C)C1CNC1.Cl. The monoisotopic (exact) mass is 326 g/mol. The summed E-state index contributed by atoms with van der Waals surface area (Å²) in [6.07, 6.45) is 1.02. The minimum Gasteiger partial charge on any atom is -0.377 e. The quantitative estimate of drug-likeness (QED) is 0.722. The zero-order chi connectivity index (χ0) is 15.1. The zero-order valence-corrected chi connectivity index (χ0v) is 14.2. The van der Waals surface area contributed by atoms with Gasteiger partial charge in [-0.1, -0.05) is 38.1 Å². The Hall–Kier alpha value is -1.10. The van der Waals surface area contributed by atoms with Crippen LogP contribution in [-0.4, -0.2) is 25.6 Å². The molecule has 1 amide bonds. The van der Waals surface area contributed by atoms with Gasteiger partial charge in [0.25, 0.3) is 0 Å². The van der Waals surface area contributed by atoms with E-state index in [4.69, 9.17) is 4.74 Å². The van der Waals surface area contributed by atoms with Crippen LogP contribution in [0.15, 0.2) is 24.3 Å². The van der Waals surface area contributed by atoms with Crippen molar-refractivity contribution < 1.29 is 9.53 Å². The zero-order valence-electron chi connectivity index (χ0n) is 13.4. The van der Waals surface area contributed by atoms with Gasteiger partial charge in [0.05, 0.1) is 6.61 Å². The highest BCUT2D eigenvalue weighted by molar-refractivity contribution is 5.85. The number of halogens is 1. The first kappa shape index (κ1) is 18.9. The molecule has 124 valence electrons. The topological polar surface area (TPSA) is 50.4 Å². The summed E-state index contributed by atoms with van der Waals surface area (Å²) in [5.41, 5.74) is 2.30. The number of carbonyl (C=O) groups is 1. The summed E-state index contributed by atoms with van der Waals surface area (Å²) in [5.74, 6) is 0.702. The number of rotatable bonds is 8. The van der Waals surface area contributed by atoms with E-state index in [2.05, 4.69) is 29.7 Å². The molecule has 0 spiro atoms. The Morgan fingerprint density at radius 3 is 2.64 bits per heavy atom. The predicted octanol–water partition coefficient (Wildman–Crippen LogP) is 2.51. The normalized spacial score (nSPS) is 15.5. The van der Waals surface area contributed by atoms with Crippen LogP contribution in [0.3, 0.4) is 0 Å². The molecule has 1 saturated heterocycles. The molecule has 5 heteroatoms. The van der Waals surface area contributed by atoms with Crippen LogP contribution >= 0.6 is 12.4 Å². The second kappa shape index (κ2) is 9.82. The van der Waals surface area contributed by atoms with Gasteiger partial charge >= 0.3 is 0 Å². The number of ether oxygens (including phenoxy) is 1. The third kappa shape index (κ3) is 5.27. The Morgan fingerprint density at radius 1 is 1.36 bits per heavy atom. The van der Waals surface area contributed by atoms with Gasteiger partial charge in [-0.05, 0) is 36.6 Å². The molecule has 0 aliphatic carbocycles. The molecule has 1 aliphatic heterocycles. The largest absolute Gasteiger partial charge is 0.377 e. The minimum atomic E-state index is 0. The van der Waals surface area contributed by atoms with Crippen LogP contribution in [0.2, 0.25) is 0 Å². The molecule has 22 heavy (non-hydrogen) atoms. The minimum absolute atomic E-state index is 0. The molecule has 0 bridgehead atoms. The van der Waals surface area contributed by atoms with Gasteiger partial charge < -0.3 is 15.4 Å². The number of hydrogen-bond donors (Lipinski definition) is 2. The molecule has 2 N–H and O–H groups in total. The van der Waals surface area contributed by atoms with Crippen LogP contribution in [0.25, 0.3) is 0 Å². The van der Waals surface area contributed by atoms with Crippen molar-refractivity contribution in [2.24, 2.45) is 11.8 Å². The summed E-state index contributed by atoms with van der Waals surface area (Å²) >= 11 is 0. The van der Waals surface area contributed by atoms with Crippen molar-refractivity contribution in [3.8, 4) is 0 Å². The maximum atomic E-state index is 12.2. The van der Waals surface area contributed by atoms with Crippen molar-refractivity contribution in [3.63, 3.8) is 0 Å². The highest BCUT2D eigenvalue weighted by Crippen LogP contribution is 2.16. The molecule has 4 nitrogen and oxygen atoms in total. The van der Waals surface area contributed by atoms with E-state index in [1.54, 1.807) is 0 Å². The van der Waals surface area contributed by atoms with Crippen LogP contribution in [-0.2, 0) is 22.7 Å². The van der Waals surface area contributed by atoms with E-state index in [9.17, 15) is 4.79 Å². The fourth-order valence-electron chi connectivity index (χ4n) is 2.42. The lowest BCUT2D eigenvalue weighted by Gasteiger charge is -2.31. The Labute approximate surface area is 139 Å². The van der Waals surface area contributed by atoms with Gasteiger partial charge in [0, 0.05) is 19.1 Å². The van der Waals surface area contributed by atoms with Gasteiger partial charge in [0.2, 0.25) is 5.91 Å². The first-order valence-corrected chi connectivity index (χ1v) is 7.85. The predicted molar refractivity (Wildman–Crippen MR) is 91.0 cm³/mol. The lowest BCUT2D eigenvalue weighted by atomic mass is 9.88. The summed E-state index contributed by atoms with van der Waals surface area (Å²) in [7, 11) is 0. The molecule has 2 rings (SSSR count). The van der Waals surface area contributed by atoms with E-state index in [0.717, 1.165) is 37.2 Å². The molecule has 0 aromatic heterocycles. The van der Waals surface area contributed by atoms with Gasteiger partial charge in [-0.25, -0.2) is 0 Å². The molecule has 1 heterocycles. The van der Waals surface area contributed by atoms with E-state index in [1.807, 2.05) is 19.1 Å². The van der Waals surface area contributed by atoms with Crippen LogP contribution in [0.5, 0.6) is 0 Å². The Morgan fingerprint density at radius 2 is 2.05 bits per heavy atom. The maximum Gasteiger partial charge on any atom is 0.223 e. The average molecular weight is 327 g/mol. The molecular weight excluding hydrogens is 300 g/mol. The molecule has 1 fully saturated rings. The van der Waals surface area contributed by atoms with Gasteiger partial charge in [-0.3, -0.25) is 4.79 Å². The summed E-state index contributed by atoms with van der Waals surface area (Å²) in [4.78, 5) is 12.2. The van der Waals surface area contributed by atoms with Gasteiger partial charge in [-0.2, -0.15) is 0 Å². The molecule has 1 aliphatic rings. The first-order chi connectivity index (χ1) is 10.2. The second-order valence-corrected chi connectivity index (χ2v) is 5.75. The van der Waals surface area contributed by atoms with Crippen molar-refractivity contribution in [2.45, 2.75) is 33.4 Å². The second-order valence-electron chi connectivity index (χ2n) is 5.75. The van der Waals surface area contributed by atoms with Crippen molar-refractivity contribution in [1.29, 1.82) is 0 Å². The molecular formula is C17H27ClN2O2.